The molecule has 0 amide bonds. The molecule has 0 saturated heterocycles. The third-order valence-electron chi connectivity index (χ3n) is 3.49. The SMILES string of the molecule is Cc1cc(C(C)(C)C)cc(C)c1OCC1CC1. The van der Waals surface area contributed by atoms with Gasteiger partial charge in [0.25, 0.3) is 0 Å². The summed E-state index contributed by atoms with van der Waals surface area (Å²) in [5.74, 6) is 1.92. The summed E-state index contributed by atoms with van der Waals surface area (Å²) in [6.07, 6.45) is 2.69. The van der Waals surface area contributed by atoms with Gasteiger partial charge < -0.3 is 4.74 Å². The van der Waals surface area contributed by atoms with Crippen molar-refractivity contribution < 1.29 is 4.74 Å². The summed E-state index contributed by atoms with van der Waals surface area (Å²) in [6, 6.07) is 4.55. The van der Waals surface area contributed by atoms with Crippen LogP contribution in [0.1, 0.15) is 50.3 Å². The summed E-state index contributed by atoms with van der Waals surface area (Å²) in [4.78, 5) is 0. The minimum atomic E-state index is 0.213. The summed E-state index contributed by atoms with van der Waals surface area (Å²) in [5, 5.41) is 0. The highest BCUT2D eigenvalue weighted by atomic mass is 16.5. The standard InChI is InChI=1S/C16H24O/c1-11-8-14(16(3,4)5)9-12(2)15(11)17-10-13-6-7-13/h8-9,13H,6-7,10H2,1-5H3. The molecule has 94 valence electrons. The van der Waals surface area contributed by atoms with Gasteiger partial charge in [-0.15, -0.1) is 0 Å². The van der Waals surface area contributed by atoms with E-state index in [9.17, 15) is 0 Å². The fourth-order valence-electron chi connectivity index (χ4n) is 2.10. The fraction of sp³-hybridized carbons (Fsp3) is 0.625. The van der Waals surface area contributed by atoms with E-state index in [1.54, 1.807) is 0 Å². The molecule has 1 aromatic rings. The molecular weight excluding hydrogens is 208 g/mol. The second-order valence-electron chi connectivity index (χ2n) is 6.44. The van der Waals surface area contributed by atoms with Crippen molar-refractivity contribution in [2.75, 3.05) is 6.61 Å². The number of ether oxygens (including phenoxy) is 1. The van der Waals surface area contributed by atoms with E-state index in [-0.39, 0.29) is 5.41 Å². The maximum Gasteiger partial charge on any atom is 0.125 e. The van der Waals surface area contributed by atoms with Gasteiger partial charge in [-0.1, -0.05) is 32.9 Å². The van der Waals surface area contributed by atoms with Crippen molar-refractivity contribution in [3.05, 3.63) is 28.8 Å². The lowest BCUT2D eigenvalue weighted by atomic mass is 9.85. The van der Waals surface area contributed by atoms with Gasteiger partial charge in [0.15, 0.2) is 0 Å². The van der Waals surface area contributed by atoms with E-state index in [1.807, 2.05) is 0 Å². The first-order valence-electron chi connectivity index (χ1n) is 6.62. The summed E-state index contributed by atoms with van der Waals surface area (Å²) < 4.78 is 5.96. The molecule has 1 nitrogen and oxygen atoms in total. The third kappa shape index (κ3) is 3.02. The first kappa shape index (κ1) is 12.5. The molecule has 1 aliphatic rings. The molecule has 1 heteroatoms. The van der Waals surface area contributed by atoms with Crippen LogP contribution >= 0.6 is 0 Å². The average molecular weight is 232 g/mol. The fourth-order valence-corrected chi connectivity index (χ4v) is 2.10. The molecule has 1 aliphatic carbocycles. The van der Waals surface area contributed by atoms with Gasteiger partial charge in [0, 0.05) is 0 Å². The molecule has 0 heterocycles. The van der Waals surface area contributed by atoms with Crippen LogP contribution in [0.25, 0.3) is 0 Å². The molecule has 0 N–H and O–H groups in total. The van der Waals surface area contributed by atoms with E-state index in [0.29, 0.717) is 0 Å². The molecule has 17 heavy (non-hydrogen) atoms. The summed E-state index contributed by atoms with van der Waals surface area (Å²) in [7, 11) is 0. The number of hydrogen-bond donors (Lipinski definition) is 0. The molecule has 0 radical (unpaired) electrons. The Bertz CT molecular complexity index is 385. The van der Waals surface area contributed by atoms with Crippen LogP contribution in [0.4, 0.5) is 0 Å². The molecule has 0 aromatic heterocycles. The van der Waals surface area contributed by atoms with Crippen LogP contribution in [0.3, 0.4) is 0 Å². The smallest absolute Gasteiger partial charge is 0.125 e. The zero-order chi connectivity index (χ0) is 12.6. The summed E-state index contributed by atoms with van der Waals surface area (Å²) in [6.45, 7) is 12.0. The van der Waals surface area contributed by atoms with E-state index in [1.165, 1.54) is 29.5 Å². The second-order valence-corrected chi connectivity index (χ2v) is 6.44. The highest BCUT2D eigenvalue weighted by Crippen LogP contribution is 2.34. The molecule has 0 aliphatic heterocycles. The first-order chi connectivity index (χ1) is 7.88. The Morgan fingerprint density at radius 2 is 1.65 bits per heavy atom. The zero-order valence-corrected chi connectivity index (χ0v) is 11.8. The monoisotopic (exact) mass is 232 g/mol. The van der Waals surface area contributed by atoms with Gasteiger partial charge in [-0.25, -0.2) is 0 Å². The van der Waals surface area contributed by atoms with Gasteiger partial charge in [-0.2, -0.15) is 0 Å². The quantitative estimate of drug-likeness (QED) is 0.751. The predicted octanol–water partition coefficient (Wildman–Crippen LogP) is 4.39. The topological polar surface area (TPSA) is 9.23 Å². The normalized spacial score (nSPS) is 16.1. The first-order valence-corrected chi connectivity index (χ1v) is 6.62. The second kappa shape index (κ2) is 4.36. The Kier molecular flexibility index (Phi) is 3.20. The van der Waals surface area contributed by atoms with Gasteiger partial charge in [0.05, 0.1) is 6.61 Å². The van der Waals surface area contributed by atoms with Gasteiger partial charge in [0.2, 0.25) is 0 Å². The van der Waals surface area contributed by atoms with E-state index in [4.69, 9.17) is 4.74 Å². The van der Waals surface area contributed by atoms with Gasteiger partial charge in [-0.3, -0.25) is 0 Å². The number of benzene rings is 1. The number of aryl methyl sites for hydroxylation is 2. The van der Waals surface area contributed by atoms with E-state index < -0.39 is 0 Å². The Balaban J connectivity index is 2.21. The Labute approximate surface area is 105 Å². The van der Waals surface area contributed by atoms with Crippen LogP contribution in [-0.4, -0.2) is 6.61 Å². The lowest BCUT2D eigenvalue weighted by Crippen LogP contribution is -2.12. The van der Waals surface area contributed by atoms with Crippen LogP contribution in [0, 0.1) is 19.8 Å². The Hall–Kier alpha value is -0.980. The molecule has 1 saturated carbocycles. The predicted molar refractivity (Wildman–Crippen MR) is 72.8 cm³/mol. The molecule has 0 spiro atoms. The zero-order valence-electron chi connectivity index (χ0n) is 11.8. The van der Waals surface area contributed by atoms with Crippen molar-refractivity contribution in [1.29, 1.82) is 0 Å². The van der Waals surface area contributed by atoms with Crippen molar-refractivity contribution in [3.63, 3.8) is 0 Å². The molecule has 1 aromatic carbocycles. The van der Waals surface area contributed by atoms with Crippen LogP contribution in [0.2, 0.25) is 0 Å². The molecule has 0 bridgehead atoms. The van der Waals surface area contributed by atoms with Crippen LogP contribution in [-0.2, 0) is 5.41 Å². The average Bonchev–Trinajstić information content (AvgIpc) is 2.98. The highest BCUT2D eigenvalue weighted by Gasteiger charge is 2.23. The van der Waals surface area contributed by atoms with Gasteiger partial charge in [0.1, 0.15) is 5.75 Å². The van der Waals surface area contributed by atoms with Crippen LogP contribution in [0.15, 0.2) is 12.1 Å². The lowest BCUT2D eigenvalue weighted by Gasteiger charge is -2.22. The van der Waals surface area contributed by atoms with Crippen molar-refractivity contribution in [2.24, 2.45) is 5.92 Å². The van der Waals surface area contributed by atoms with Crippen molar-refractivity contribution in [2.45, 2.75) is 52.9 Å². The summed E-state index contributed by atoms with van der Waals surface area (Å²) >= 11 is 0. The van der Waals surface area contributed by atoms with Crippen molar-refractivity contribution in [3.8, 4) is 5.75 Å². The van der Waals surface area contributed by atoms with E-state index in [0.717, 1.165) is 18.3 Å². The summed E-state index contributed by atoms with van der Waals surface area (Å²) in [5.41, 5.74) is 4.15. The minimum absolute atomic E-state index is 0.213. The molecule has 1 fully saturated rings. The number of hydrogen-bond acceptors (Lipinski definition) is 1. The largest absolute Gasteiger partial charge is 0.493 e. The maximum absolute atomic E-state index is 5.96. The maximum atomic E-state index is 5.96. The third-order valence-corrected chi connectivity index (χ3v) is 3.49. The molecule has 0 unspecified atom stereocenters. The highest BCUT2D eigenvalue weighted by molar-refractivity contribution is 5.45. The lowest BCUT2D eigenvalue weighted by molar-refractivity contribution is 0.295. The molecule has 2 rings (SSSR count). The van der Waals surface area contributed by atoms with Crippen molar-refractivity contribution in [1.82, 2.24) is 0 Å². The molecule has 0 atom stereocenters. The van der Waals surface area contributed by atoms with Gasteiger partial charge in [-0.05, 0) is 54.7 Å². The van der Waals surface area contributed by atoms with E-state index >= 15 is 0 Å². The van der Waals surface area contributed by atoms with Crippen LogP contribution < -0.4 is 4.74 Å². The molecular formula is C16H24O. The Morgan fingerprint density at radius 1 is 1.12 bits per heavy atom. The van der Waals surface area contributed by atoms with Crippen LogP contribution in [0.5, 0.6) is 5.75 Å². The van der Waals surface area contributed by atoms with E-state index in [2.05, 4.69) is 46.8 Å². The van der Waals surface area contributed by atoms with Crippen molar-refractivity contribution >= 4 is 0 Å². The van der Waals surface area contributed by atoms with Gasteiger partial charge >= 0.3 is 0 Å². The Morgan fingerprint density at radius 3 is 2.06 bits per heavy atom. The number of rotatable bonds is 3. The minimum Gasteiger partial charge on any atom is -0.493 e.